The lowest BCUT2D eigenvalue weighted by atomic mass is 10.1. The lowest BCUT2D eigenvalue weighted by molar-refractivity contribution is -0.140. The molecule has 2 atom stereocenters. The highest BCUT2D eigenvalue weighted by atomic mass is 19.1. The molecular weight excluding hydrogens is 327 g/mol. The summed E-state index contributed by atoms with van der Waals surface area (Å²) in [6.07, 6.45) is -0.857. The topological polar surface area (TPSA) is 153 Å². The molecule has 0 aliphatic rings. The molecule has 0 aliphatic carbocycles. The van der Waals surface area contributed by atoms with Gasteiger partial charge in [0, 0.05) is 6.42 Å². The van der Waals surface area contributed by atoms with Crippen molar-refractivity contribution in [3.05, 3.63) is 35.6 Å². The number of hydrogen-bond donors (Lipinski definition) is 5. The molecule has 1 aromatic carbocycles. The van der Waals surface area contributed by atoms with Crippen LogP contribution in [0.3, 0.4) is 0 Å². The van der Waals surface area contributed by atoms with Gasteiger partial charge in [-0.25, -0.2) is 18.8 Å². The molecule has 2 amide bonds. The van der Waals surface area contributed by atoms with Crippen LogP contribution in [-0.2, 0) is 14.4 Å². The fraction of sp³-hybridized carbons (Fsp3) is 0.286. The van der Waals surface area contributed by atoms with Gasteiger partial charge in [-0.15, -0.1) is 0 Å². The van der Waals surface area contributed by atoms with E-state index in [1.807, 2.05) is 10.6 Å². The minimum absolute atomic E-state index is 0.0801. The Morgan fingerprint density at radius 3 is 2.00 bits per heavy atom. The van der Waals surface area contributed by atoms with E-state index in [4.69, 9.17) is 15.3 Å². The van der Waals surface area contributed by atoms with Crippen LogP contribution in [0.5, 0.6) is 0 Å². The van der Waals surface area contributed by atoms with Crippen molar-refractivity contribution < 1.29 is 38.9 Å². The fourth-order valence-electron chi connectivity index (χ4n) is 1.80. The van der Waals surface area contributed by atoms with Crippen LogP contribution in [0.25, 0.3) is 0 Å². The van der Waals surface area contributed by atoms with E-state index < -0.39 is 48.3 Å². The molecular formula is C14H15FN2O7. The third-order valence-corrected chi connectivity index (χ3v) is 2.98. The van der Waals surface area contributed by atoms with E-state index in [1.54, 1.807) is 0 Å². The minimum atomic E-state index is -1.53. The molecule has 0 spiro atoms. The predicted octanol–water partition coefficient (Wildman–Crippen LogP) is 0.569. The summed E-state index contributed by atoms with van der Waals surface area (Å²) in [7, 11) is 0. The number of carboxylic acid groups (broad SMARTS) is 3. The largest absolute Gasteiger partial charge is 0.481 e. The standard InChI is InChI=1S/C14H15FN2O7/c15-8-3-1-7(2-4-8)11(13(22)23)17-14(24)16-9(12(20)21)5-6-10(18)19/h1-4,9,11H,5-6H2,(H,18,19)(H,20,21)(H,22,23)(H2,16,17,24)/t9-,11-/m0/s1. The maximum atomic E-state index is 12.9. The van der Waals surface area contributed by atoms with Crippen molar-refractivity contribution in [2.75, 3.05) is 0 Å². The van der Waals surface area contributed by atoms with E-state index >= 15 is 0 Å². The van der Waals surface area contributed by atoms with Crippen LogP contribution in [0.4, 0.5) is 9.18 Å². The number of benzene rings is 1. The van der Waals surface area contributed by atoms with Crippen molar-refractivity contribution in [1.29, 1.82) is 0 Å². The summed E-state index contributed by atoms with van der Waals surface area (Å²) in [5, 5.41) is 30.6. The summed E-state index contributed by atoms with van der Waals surface area (Å²) in [5.41, 5.74) is 0.0801. The van der Waals surface area contributed by atoms with Crippen molar-refractivity contribution in [2.24, 2.45) is 0 Å². The number of carbonyl (C=O) groups excluding carboxylic acids is 1. The van der Waals surface area contributed by atoms with E-state index in [9.17, 15) is 23.6 Å². The average molecular weight is 342 g/mol. The van der Waals surface area contributed by atoms with Gasteiger partial charge in [0.1, 0.15) is 11.9 Å². The van der Waals surface area contributed by atoms with E-state index in [-0.39, 0.29) is 12.0 Å². The Balaban J connectivity index is 2.77. The normalized spacial score (nSPS) is 12.7. The SMILES string of the molecule is O=C(O)CC[C@H](NC(=O)N[C@H](C(=O)O)c1ccc(F)cc1)C(=O)O. The van der Waals surface area contributed by atoms with Gasteiger partial charge in [-0.05, 0) is 24.1 Å². The Labute approximate surface area is 135 Å². The third kappa shape index (κ3) is 5.91. The Kier molecular flexibility index (Phi) is 6.65. The highest BCUT2D eigenvalue weighted by molar-refractivity contribution is 5.86. The Hall–Kier alpha value is -3.17. The third-order valence-electron chi connectivity index (χ3n) is 2.98. The Bertz CT molecular complexity index is 633. The summed E-state index contributed by atoms with van der Waals surface area (Å²) >= 11 is 0. The van der Waals surface area contributed by atoms with Crippen LogP contribution in [0.2, 0.25) is 0 Å². The number of nitrogens with one attached hydrogen (secondary N) is 2. The molecule has 9 nitrogen and oxygen atoms in total. The van der Waals surface area contributed by atoms with Crippen molar-refractivity contribution in [2.45, 2.75) is 24.9 Å². The molecule has 24 heavy (non-hydrogen) atoms. The molecule has 0 bridgehead atoms. The first-order valence-corrected chi connectivity index (χ1v) is 6.70. The number of aliphatic carboxylic acids is 3. The van der Waals surface area contributed by atoms with Crippen LogP contribution in [0, 0.1) is 5.82 Å². The van der Waals surface area contributed by atoms with Gasteiger partial charge in [0.05, 0.1) is 0 Å². The van der Waals surface area contributed by atoms with Crippen LogP contribution in [0.1, 0.15) is 24.4 Å². The van der Waals surface area contributed by atoms with Crippen molar-refractivity contribution >= 4 is 23.9 Å². The van der Waals surface area contributed by atoms with Gasteiger partial charge in [-0.2, -0.15) is 0 Å². The lowest BCUT2D eigenvalue weighted by Gasteiger charge is -2.18. The minimum Gasteiger partial charge on any atom is -0.481 e. The molecule has 0 aliphatic heterocycles. The number of hydrogen-bond acceptors (Lipinski definition) is 4. The van der Waals surface area contributed by atoms with Gasteiger partial charge >= 0.3 is 23.9 Å². The average Bonchev–Trinajstić information content (AvgIpc) is 2.49. The second kappa shape index (κ2) is 8.46. The second-order valence-corrected chi connectivity index (χ2v) is 4.76. The van der Waals surface area contributed by atoms with Crippen molar-refractivity contribution in [3.8, 4) is 0 Å². The van der Waals surface area contributed by atoms with Crippen molar-refractivity contribution in [1.82, 2.24) is 10.6 Å². The zero-order chi connectivity index (χ0) is 18.3. The number of halogens is 1. The number of rotatable bonds is 8. The first kappa shape index (κ1) is 18.9. The first-order chi connectivity index (χ1) is 11.2. The molecule has 0 unspecified atom stereocenters. The fourth-order valence-corrected chi connectivity index (χ4v) is 1.80. The van der Waals surface area contributed by atoms with E-state index in [0.717, 1.165) is 24.3 Å². The zero-order valence-corrected chi connectivity index (χ0v) is 12.2. The van der Waals surface area contributed by atoms with Gasteiger partial charge in [0.25, 0.3) is 0 Å². The molecule has 130 valence electrons. The smallest absolute Gasteiger partial charge is 0.330 e. The maximum absolute atomic E-state index is 12.9. The molecule has 5 N–H and O–H groups in total. The van der Waals surface area contributed by atoms with Gasteiger partial charge < -0.3 is 26.0 Å². The zero-order valence-electron chi connectivity index (χ0n) is 12.2. The molecule has 10 heteroatoms. The van der Waals surface area contributed by atoms with Crippen LogP contribution >= 0.6 is 0 Å². The molecule has 0 fully saturated rings. The number of carboxylic acids is 3. The molecule has 0 saturated carbocycles. The number of amides is 2. The predicted molar refractivity (Wildman–Crippen MR) is 76.7 cm³/mol. The summed E-state index contributed by atoms with van der Waals surface area (Å²) < 4.78 is 12.9. The van der Waals surface area contributed by atoms with E-state index in [1.165, 1.54) is 0 Å². The van der Waals surface area contributed by atoms with Gasteiger partial charge in [0.15, 0.2) is 6.04 Å². The number of urea groups is 1. The van der Waals surface area contributed by atoms with Crippen LogP contribution in [-0.4, -0.2) is 45.3 Å². The molecule has 0 heterocycles. The highest BCUT2D eigenvalue weighted by Crippen LogP contribution is 2.14. The summed E-state index contributed by atoms with van der Waals surface area (Å²) in [6.45, 7) is 0. The summed E-state index contributed by atoms with van der Waals surface area (Å²) in [5.74, 6) is -4.72. The van der Waals surface area contributed by atoms with Crippen molar-refractivity contribution in [3.63, 3.8) is 0 Å². The van der Waals surface area contributed by atoms with E-state index in [0.29, 0.717) is 0 Å². The lowest BCUT2D eigenvalue weighted by Crippen LogP contribution is -2.48. The monoisotopic (exact) mass is 342 g/mol. The van der Waals surface area contributed by atoms with Gasteiger partial charge in [-0.3, -0.25) is 4.79 Å². The maximum Gasteiger partial charge on any atom is 0.330 e. The molecule has 0 aromatic heterocycles. The molecule has 1 aromatic rings. The Morgan fingerprint density at radius 1 is 0.958 bits per heavy atom. The van der Waals surface area contributed by atoms with E-state index in [2.05, 4.69) is 0 Å². The van der Waals surface area contributed by atoms with Gasteiger partial charge in [-0.1, -0.05) is 12.1 Å². The summed E-state index contributed by atoms with van der Waals surface area (Å²) in [6, 6.07) is 0.212. The molecule has 0 radical (unpaired) electrons. The number of carbonyl (C=O) groups is 4. The van der Waals surface area contributed by atoms with Crippen LogP contribution < -0.4 is 10.6 Å². The van der Waals surface area contributed by atoms with Crippen LogP contribution in [0.15, 0.2) is 24.3 Å². The first-order valence-electron chi connectivity index (χ1n) is 6.70. The quantitative estimate of drug-likeness (QED) is 0.463. The van der Waals surface area contributed by atoms with Gasteiger partial charge in [0.2, 0.25) is 0 Å². The summed E-state index contributed by atoms with van der Waals surface area (Å²) in [4.78, 5) is 44.5. The second-order valence-electron chi connectivity index (χ2n) is 4.76. The molecule has 1 rings (SSSR count). The highest BCUT2D eigenvalue weighted by Gasteiger charge is 2.26. The Morgan fingerprint density at radius 2 is 1.54 bits per heavy atom. The molecule has 0 saturated heterocycles.